The van der Waals surface area contributed by atoms with Gasteiger partial charge < -0.3 is 4.74 Å². The summed E-state index contributed by atoms with van der Waals surface area (Å²) in [6, 6.07) is 8.62. The largest absolute Gasteiger partial charge is 0.377 e. The molecule has 0 radical (unpaired) electrons. The van der Waals surface area contributed by atoms with Crippen molar-refractivity contribution in [1.82, 2.24) is 0 Å². The van der Waals surface area contributed by atoms with Crippen LogP contribution in [-0.2, 0) is 11.3 Å². The topological polar surface area (TPSA) is 9.23 Å². The lowest BCUT2D eigenvalue weighted by atomic mass is 10.0. The molecule has 0 amide bonds. The van der Waals surface area contributed by atoms with E-state index in [2.05, 4.69) is 51.1 Å². The zero-order valence-electron chi connectivity index (χ0n) is 10.8. The van der Waals surface area contributed by atoms with Crippen LogP contribution in [-0.4, -0.2) is 6.61 Å². The monoisotopic (exact) mass is 218 g/mol. The fourth-order valence-electron chi connectivity index (χ4n) is 1.68. The van der Waals surface area contributed by atoms with Gasteiger partial charge in [-0.25, -0.2) is 0 Å². The summed E-state index contributed by atoms with van der Waals surface area (Å²) in [7, 11) is 0. The minimum absolute atomic E-state index is 0.600. The van der Waals surface area contributed by atoms with Gasteiger partial charge in [-0.05, 0) is 36.5 Å². The molecule has 0 saturated heterocycles. The van der Waals surface area contributed by atoms with Crippen LogP contribution in [0.1, 0.15) is 38.8 Å². The molecule has 0 aromatic heterocycles. The molecule has 1 aromatic carbocycles. The molecule has 0 atom stereocenters. The number of rotatable bonds is 5. The molecular formula is C15H22O. The first-order valence-corrected chi connectivity index (χ1v) is 5.99. The zero-order chi connectivity index (χ0) is 12.0. The fourth-order valence-corrected chi connectivity index (χ4v) is 1.68. The number of hydrogen-bond acceptors (Lipinski definition) is 1. The lowest BCUT2D eigenvalue weighted by Crippen LogP contribution is -1.92. The maximum Gasteiger partial charge on any atom is 0.0716 e. The first-order valence-electron chi connectivity index (χ1n) is 5.99. The molecule has 0 N–H and O–H groups in total. The molecule has 1 heteroatoms. The van der Waals surface area contributed by atoms with Gasteiger partial charge in [0, 0.05) is 6.61 Å². The number of allylic oxidation sites excluding steroid dienone is 2. The molecule has 16 heavy (non-hydrogen) atoms. The van der Waals surface area contributed by atoms with Gasteiger partial charge in [0.25, 0.3) is 0 Å². The van der Waals surface area contributed by atoms with E-state index in [0.29, 0.717) is 12.5 Å². The van der Waals surface area contributed by atoms with Gasteiger partial charge in [0.15, 0.2) is 0 Å². The van der Waals surface area contributed by atoms with Crippen LogP contribution in [0, 0.1) is 5.92 Å². The summed E-state index contributed by atoms with van der Waals surface area (Å²) in [4.78, 5) is 0. The SMILES string of the molecule is CCOCc1ccc(/C(C)=C/C(C)C)cc1. The molecule has 88 valence electrons. The number of hydrogen-bond donors (Lipinski definition) is 0. The Bertz CT molecular complexity index is 333. The second kappa shape index (κ2) is 6.49. The average molecular weight is 218 g/mol. The van der Waals surface area contributed by atoms with Gasteiger partial charge in [-0.15, -0.1) is 0 Å². The van der Waals surface area contributed by atoms with E-state index in [1.165, 1.54) is 16.7 Å². The van der Waals surface area contributed by atoms with Crippen LogP contribution in [0.5, 0.6) is 0 Å². The Labute approximate surface area is 99.1 Å². The van der Waals surface area contributed by atoms with Gasteiger partial charge in [-0.2, -0.15) is 0 Å². The molecule has 1 aromatic rings. The quantitative estimate of drug-likeness (QED) is 0.716. The molecule has 0 saturated carbocycles. The van der Waals surface area contributed by atoms with Crippen LogP contribution in [0.3, 0.4) is 0 Å². The summed E-state index contributed by atoms with van der Waals surface area (Å²) in [6.07, 6.45) is 2.29. The van der Waals surface area contributed by atoms with Crippen molar-refractivity contribution in [3.05, 3.63) is 41.5 Å². The van der Waals surface area contributed by atoms with Crippen molar-refractivity contribution in [2.75, 3.05) is 6.61 Å². The summed E-state index contributed by atoms with van der Waals surface area (Å²) >= 11 is 0. The molecule has 1 rings (SSSR count). The molecule has 1 nitrogen and oxygen atoms in total. The molecule has 0 fully saturated rings. The van der Waals surface area contributed by atoms with Gasteiger partial charge in [0.05, 0.1) is 6.61 Å². The minimum atomic E-state index is 0.600. The van der Waals surface area contributed by atoms with E-state index in [1.54, 1.807) is 0 Å². The smallest absolute Gasteiger partial charge is 0.0716 e. The van der Waals surface area contributed by atoms with E-state index >= 15 is 0 Å². The first-order chi connectivity index (χ1) is 7.63. The molecule has 0 aliphatic rings. The Balaban J connectivity index is 2.71. The Morgan fingerprint density at radius 1 is 1.25 bits per heavy atom. The number of ether oxygens (including phenoxy) is 1. The van der Waals surface area contributed by atoms with Gasteiger partial charge in [0.1, 0.15) is 0 Å². The lowest BCUT2D eigenvalue weighted by molar-refractivity contribution is 0.134. The molecule has 0 aliphatic heterocycles. The van der Waals surface area contributed by atoms with Gasteiger partial charge >= 0.3 is 0 Å². The van der Waals surface area contributed by atoms with Crippen molar-refractivity contribution in [3.8, 4) is 0 Å². The average Bonchev–Trinajstić information content (AvgIpc) is 2.26. The maximum atomic E-state index is 5.37. The molecule has 0 aliphatic carbocycles. The third-order valence-corrected chi connectivity index (χ3v) is 2.47. The Kier molecular flexibility index (Phi) is 5.27. The van der Waals surface area contributed by atoms with Gasteiger partial charge in [-0.3, -0.25) is 0 Å². The fraction of sp³-hybridized carbons (Fsp3) is 0.467. The van der Waals surface area contributed by atoms with Crippen LogP contribution in [0.4, 0.5) is 0 Å². The second-order valence-electron chi connectivity index (χ2n) is 4.43. The Hall–Kier alpha value is -1.08. The molecule has 0 heterocycles. The Morgan fingerprint density at radius 3 is 2.38 bits per heavy atom. The van der Waals surface area contributed by atoms with E-state index in [9.17, 15) is 0 Å². The van der Waals surface area contributed by atoms with E-state index < -0.39 is 0 Å². The van der Waals surface area contributed by atoms with E-state index in [-0.39, 0.29) is 0 Å². The summed E-state index contributed by atoms with van der Waals surface area (Å²) in [6.45, 7) is 10.1. The second-order valence-corrected chi connectivity index (χ2v) is 4.43. The van der Waals surface area contributed by atoms with Crippen LogP contribution >= 0.6 is 0 Å². The first kappa shape index (κ1) is 13.0. The molecule has 0 unspecified atom stereocenters. The highest BCUT2D eigenvalue weighted by molar-refractivity contribution is 5.63. The van der Waals surface area contributed by atoms with E-state index in [1.807, 2.05) is 6.92 Å². The minimum Gasteiger partial charge on any atom is -0.377 e. The highest BCUT2D eigenvalue weighted by atomic mass is 16.5. The van der Waals surface area contributed by atoms with Gasteiger partial charge in [0.2, 0.25) is 0 Å². The van der Waals surface area contributed by atoms with E-state index in [0.717, 1.165) is 6.61 Å². The van der Waals surface area contributed by atoms with Crippen LogP contribution in [0.15, 0.2) is 30.3 Å². The predicted octanol–water partition coefficient (Wildman–Crippen LogP) is 4.28. The third-order valence-electron chi connectivity index (χ3n) is 2.47. The van der Waals surface area contributed by atoms with Crippen LogP contribution in [0.2, 0.25) is 0 Å². The van der Waals surface area contributed by atoms with Crippen molar-refractivity contribution in [2.45, 2.75) is 34.3 Å². The summed E-state index contributed by atoms with van der Waals surface area (Å²) in [5, 5.41) is 0. The van der Waals surface area contributed by atoms with Crippen molar-refractivity contribution in [1.29, 1.82) is 0 Å². The lowest BCUT2D eigenvalue weighted by Gasteiger charge is -2.06. The zero-order valence-corrected chi connectivity index (χ0v) is 10.8. The van der Waals surface area contributed by atoms with Gasteiger partial charge in [-0.1, -0.05) is 44.2 Å². The van der Waals surface area contributed by atoms with Crippen molar-refractivity contribution in [3.63, 3.8) is 0 Å². The van der Waals surface area contributed by atoms with Crippen LogP contribution in [0.25, 0.3) is 5.57 Å². The standard InChI is InChI=1S/C15H22O/c1-5-16-11-14-6-8-15(9-7-14)13(4)10-12(2)3/h6-10,12H,5,11H2,1-4H3/b13-10+. The normalized spacial score (nSPS) is 12.2. The Morgan fingerprint density at radius 2 is 1.88 bits per heavy atom. The summed E-state index contributed by atoms with van der Waals surface area (Å²) in [5.74, 6) is 0.600. The van der Waals surface area contributed by atoms with Crippen molar-refractivity contribution >= 4 is 5.57 Å². The predicted molar refractivity (Wildman–Crippen MR) is 70.3 cm³/mol. The molecular weight excluding hydrogens is 196 g/mol. The van der Waals surface area contributed by atoms with Crippen LogP contribution < -0.4 is 0 Å². The molecule has 0 bridgehead atoms. The highest BCUT2D eigenvalue weighted by Gasteiger charge is 1.98. The summed E-state index contributed by atoms with van der Waals surface area (Å²) in [5.41, 5.74) is 3.88. The summed E-state index contributed by atoms with van der Waals surface area (Å²) < 4.78 is 5.37. The highest BCUT2D eigenvalue weighted by Crippen LogP contribution is 2.17. The number of benzene rings is 1. The van der Waals surface area contributed by atoms with E-state index in [4.69, 9.17) is 4.74 Å². The van der Waals surface area contributed by atoms with Crippen molar-refractivity contribution < 1.29 is 4.74 Å². The third kappa shape index (κ3) is 4.19. The molecule has 0 spiro atoms. The van der Waals surface area contributed by atoms with Crippen molar-refractivity contribution in [2.24, 2.45) is 5.92 Å². The maximum absolute atomic E-state index is 5.37.